The first kappa shape index (κ1) is 17.6. The molecule has 1 aliphatic rings. The number of hydrogen-bond acceptors (Lipinski definition) is 6. The molecular weight excluding hydrogens is 340 g/mol. The number of nitrogens with zero attached hydrogens (tertiary/aromatic N) is 2. The number of nitro benzene ring substituents is 1. The second-order valence-corrected chi connectivity index (χ2v) is 6.13. The molecule has 3 rings (SSSR count). The van der Waals surface area contributed by atoms with Crippen LogP contribution in [0.5, 0.6) is 0 Å². The lowest BCUT2D eigenvalue weighted by molar-refractivity contribution is -0.384. The number of H-pyrrole nitrogens is 1. The molecule has 0 saturated carbocycles. The van der Waals surface area contributed by atoms with Crippen LogP contribution in [0.15, 0.2) is 30.5 Å². The number of hydrogen-bond donors (Lipinski definition) is 2. The number of carbonyl (C=O) groups is 2. The van der Waals surface area contributed by atoms with Gasteiger partial charge in [-0.15, -0.1) is 0 Å². The highest BCUT2D eigenvalue weighted by atomic mass is 16.6. The van der Waals surface area contributed by atoms with Gasteiger partial charge in [-0.25, -0.2) is 0 Å². The molecule has 2 aromatic rings. The number of aromatic amines is 1. The van der Waals surface area contributed by atoms with E-state index >= 15 is 0 Å². The van der Waals surface area contributed by atoms with Gasteiger partial charge in [0.05, 0.1) is 22.7 Å². The third-order valence-electron chi connectivity index (χ3n) is 4.33. The van der Waals surface area contributed by atoms with Crippen molar-refractivity contribution in [2.75, 3.05) is 5.32 Å². The molecular formula is C17H18N4O5. The lowest BCUT2D eigenvalue weighted by atomic mass is 9.88. The van der Waals surface area contributed by atoms with E-state index in [0.717, 1.165) is 24.1 Å². The molecule has 0 radical (unpaired) electrons. The van der Waals surface area contributed by atoms with Crippen LogP contribution in [0.1, 0.15) is 36.9 Å². The fourth-order valence-corrected chi connectivity index (χ4v) is 2.92. The molecule has 2 N–H and O–H groups in total. The summed E-state index contributed by atoms with van der Waals surface area (Å²) < 4.78 is 5.31. The molecule has 26 heavy (non-hydrogen) atoms. The Balaban J connectivity index is 1.59. The van der Waals surface area contributed by atoms with Gasteiger partial charge in [0.2, 0.25) is 0 Å². The van der Waals surface area contributed by atoms with E-state index in [2.05, 4.69) is 15.5 Å². The fraction of sp³-hybridized carbons (Fsp3) is 0.353. The predicted octanol–water partition coefficient (Wildman–Crippen LogP) is 2.31. The number of esters is 1. The fourth-order valence-electron chi connectivity index (χ4n) is 2.92. The number of anilines is 1. The number of benzene rings is 1. The molecule has 0 saturated heterocycles. The summed E-state index contributed by atoms with van der Waals surface area (Å²) in [6, 6.07) is 5.41. The highest BCUT2D eigenvalue weighted by molar-refractivity contribution is 5.95. The smallest absolute Gasteiger partial charge is 0.315 e. The minimum Gasteiger partial charge on any atom is -0.452 e. The zero-order valence-electron chi connectivity index (χ0n) is 14.1. The number of amides is 1. The Bertz CT molecular complexity index is 830. The molecule has 9 nitrogen and oxygen atoms in total. The van der Waals surface area contributed by atoms with Crippen LogP contribution in [0.4, 0.5) is 11.4 Å². The first-order valence-corrected chi connectivity index (χ1v) is 8.23. The standard InChI is InChI=1S/C17H18N4O5/c1-10(16(22)19-12-5-7-13(8-6-12)21(24)25)26-17(23)14-4-2-3-11-9-18-20-15(11)14/h5-10,14H,2-4H2,1H3,(H,18,20)(H,19,22)/t10-,14+/m1/s1. The Morgan fingerprint density at radius 1 is 1.38 bits per heavy atom. The molecule has 1 aliphatic carbocycles. The summed E-state index contributed by atoms with van der Waals surface area (Å²) in [5.74, 6) is -1.43. The van der Waals surface area contributed by atoms with Gasteiger partial charge in [0, 0.05) is 17.8 Å². The Labute approximate surface area is 148 Å². The van der Waals surface area contributed by atoms with E-state index in [4.69, 9.17) is 4.74 Å². The molecule has 1 aromatic carbocycles. The maximum atomic E-state index is 12.4. The minimum atomic E-state index is -0.994. The molecule has 2 atom stereocenters. The molecule has 1 aromatic heterocycles. The first-order chi connectivity index (χ1) is 12.5. The van der Waals surface area contributed by atoms with E-state index < -0.39 is 28.8 Å². The summed E-state index contributed by atoms with van der Waals surface area (Å²) in [4.78, 5) is 34.7. The lowest BCUT2D eigenvalue weighted by Gasteiger charge is -2.22. The molecule has 0 spiro atoms. The van der Waals surface area contributed by atoms with Crippen LogP contribution in [-0.4, -0.2) is 33.1 Å². The number of nitrogens with one attached hydrogen (secondary N) is 2. The van der Waals surface area contributed by atoms with Gasteiger partial charge in [-0.1, -0.05) is 0 Å². The predicted molar refractivity (Wildman–Crippen MR) is 91.5 cm³/mol. The maximum absolute atomic E-state index is 12.4. The van der Waals surface area contributed by atoms with E-state index in [1.165, 1.54) is 31.2 Å². The summed E-state index contributed by atoms with van der Waals surface area (Å²) in [6.07, 6.45) is 3.08. The molecule has 0 bridgehead atoms. The van der Waals surface area contributed by atoms with Crippen molar-refractivity contribution < 1.29 is 19.2 Å². The van der Waals surface area contributed by atoms with Gasteiger partial charge < -0.3 is 10.1 Å². The molecule has 9 heteroatoms. The monoisotopic (exact) mass is 358 g/mol. The van der Waals surface area contributed by atoms with Gasteiger partial charge in [0.25, 0.3) is 11.6 Å². The number of aryl methyl sites for hydroxylation is 1. The molecule has 136 valence electrons. The Hall–Kier alpha value is -3.23. The maximum Gasteiger partial charge on any atom is 0.315 e. The molecule has 1 amide bonds. The highest BCUT2D eigenvalue weighted by Crippen LogP contribution is 2.31. The Kier molecular flexibility index (Phi) is 4.97. The number of nitro groups is 1. The quantitative estimate of drug-likeness (QED) is 0.480. The SMILES string of the molecule is C[C@@H](OC(=O)[C@H]1CCCc2cn[nH]c21)C(=O)Nc1ccc([N+](=O)[O-])cc1. The van der Waals surface area contributed by atoms with E-state index in [9.17, 15) is 19.7 Å². The van der Waals surface area contributed by atoms with E-state index in [1.807, 2.05) is 0 Å². The first-order valence-electron chi connectivity index (χ1n) is 8.23. The van der Waals surface area contributed by atoms with Crippen LogP contribution in [0.3, 0.4) is 0 Å². The van der Waals surface area contributed by atoms with E-state index in [-0.39, 0.29) is 5.69 Å². The largest absolute Gasteiger partial charge is 0.452 e. The van der Waals surface area contributed by atoms with Crippen LogP contribution < -0.4 is 5.32 Å². The van der Waals surface area contributed by atoms with Gasteiger partial charge in [0.1, 0.15) is 0 Å². The number of aromatic nitrogens is 2. The van der Waals surface area contributed by atoms with Crippen molar-refractivity contribution >= 4 is 23.3 Å². The van der Waals surface area contributed by atoms with Crippen LogP contribution >= 0.6 is 0 Å². The van der Waals surface area contributed by atoms with Crippen molar-refractivity contribution in [2.45, 2.75) is 38.2 Å². The average Bonchev–Trinajstić information content (AvgIpc) is 3.10. The number of carbonyl (C=O) groups excluding carboxylic acids is 2. The van der Waals surface area contributed by atoms with Gasteiger partial charge in [-0.05, 0) is 43.9 Å². The Morgan fingerprint density at radius 2 is 2.12 bits per heavy atom. The number of rotatable bonds is 5. The summed E-state index contributed by atoms with van der Waals surface area (Å²) in [6.45, 7) is 1.48. The van der Waals surface area contributed by atoms with E-state index in [1.54, 1.807) is 6.20 Å². The molecule has 0 fully saturated rings. The number of fused-ring (bicyclic) bond motifs is 1. The van der Waals surface area contributed by atoms with Crippen LogP contribution in [0.2, 0.25) is 0 Å². The molecule has 0 unspecified atom stereocenters. The zero-order valence-corrected chi connectivity index (χ0v) is 14.1. The molecule has 0 aliphatic heterocycles. The van der Waals surface area contributed by atoms with Crippen molar-refractivity contribution in [3.63, 3.8) is 0 Å². The number of non-ortho nitro benzene ring substituents is 1. The van der Waals surface area contributed by atoms with Crippen molar-refractivity contribution in [2.24, 2.45) is 0 Å². The van der Waals surface area contributed by atoms with Crippen molar-refractivity contribution in [1.29, 1.82) is 0 Å². The number of ether oxygens (including phenoxy) is 1. The van der Waals surface area contributed by atoms with Crippen molar-refractivity contribution in [3.05, 3.63) is 51.8 Å². The lowest BCUT2D eigenvalue weighted by Crippen LogP contribution is -2.32. The van der Waals surface area contributed by atoms with Gasteiger partial charge >= 0.3 is 5.97 Å². The summed E-state index contributed by atoms with van der Waals surface area (Å²) in [7, 11) is 0. The third kappa shape index (κ3) is 3.71. The van der Waals surface area contributed by atoms with Gasteiger partial charge in [-0.2, -0.15) is 5.10 Å². The second kappa shape index (κ2) is 7.34. The van der Waals surface area contributed by atoms with Crippen LogP contribution in [-0.2, 0) is 20.7 Å². The normalized spacial score (nSPS) is 17.0. The highest BCUT2D eigenvalue weighted by Gasteiger charge is 2.31. The van der Waals surface area contributed by atoms with Gasteiger partial charge in [0.15, 0.2) is 6.10 Å². The van der Waals surface area contributed by atoms with Crippen LogP contribution in [0, 0.1) is 10.1 Å². The van der Waals surface area contributed by atoms with E-state index in [0.29, 0.717) is 12.1 Å². The summed E-state index contributed by atoms with van der Waals surface area (Å²) >= 11 is 0. The van der Waals surface area contributed by atoms with Gasteiger partial charge in [-0.3, -0.25) is 24.8 Å². The average molecular weight is 358 g/mol. The second-order valence-electron chi connectivity index (χ2n) is 6.13. The van der Waals surface area contributed by atoms with Crippen molar-refractivity contribution in [3.8, 4) is 0 Å². The minimum absolute atomic E-state index is 0.0739. The zero-order chi connectivity index (χ0) is 18.7. The third-order valence-corrected chi connectivity index (χ3v) is 4.33. The van der Waals surface area contributed by atoms with Crippen LogP contribution in [0.25, 0.3) is 0 Å². The topological polar surface area (TPSA) is 127 Å². The Morgan fingerprint density at radius 3 is 2.81 bits per heavy atom. The molecule has 1 heterocycles. The van der Waals surface area contributed by atoms with Crippen molar-refractivity contribution in [1.82, 2.24) is 10.2 Å². The summed E-state index contributed by atoms with van der Waals surface area (Å²) in [5, 5.41) is 20.0. The summed E-state index contributed by atoms with van der Waals surface area (Å²) in [5.41, 5.74) is 2.07.